The summed E-state index contributed by atoms with van der Waals surface area (Å²) in [6.07, 6.45) is 1.31. The number of carbonyl (C=O) groups is 2. The molecule has 3 heteroatoms. The van der Waals surface area contributed by atoms with Gasteiger partial charge in [0.1, 0.15) is 0 Å². The van der Waals surface area contributed by atoms with E-state index in [0.717, 1.165) is 28.6 Å². The average Bonchev–Trinajstić information content (AvgIpc) is 2.60. The van der Waals surface area contributed by atoms with Gasteiger partial charge in [-0.3, -0.25) is 14.2 Å². The van der Waals surface area contributed by atoms with Crippen molar-refractivity contribution < 1.29 is 9.59 Å². The van der Waals surface area contributed by atoms with Gasteiger partial charge in [-0.15, -0.1) is 0 Å². The summed E-state index contributed by atoms with van der Waals surface area (Å²) in [5.41, 5.74) is 2.41. The van der Waals surface area contributed by atoms with Gasteiger partial charge >= 0.3 is 0 Å². The van der Waals surface area contributed by atoms with Crippen molar-refractivity contribution in [2.75, 3.05) is 0 Å². The highest BCUT2D eigenvalue weighted by Crippen LogP contribution is 2.39. The van der Waals surface area contributed by atoms with Crippen molar-refractivity contribution in [3.8, 4) is 0 Å². The largest absolute Gasteiger partial charge is 0.294 e. The van der Waals surface area contributed by atoms with Crippen molar-refractivity contribution in [3.05, 3.63) is 35.5 Å². The molecule has 3 nitrogen and oxygen atoms in total. The molecule has 1 aliphatic rings. The lowest BCUT2D eigenvalue weighted by molar-refractivity contribution is 0.0903. The summed E-state index contributed by atoms with van der Waals surface area (Å²) in [7, 11) is 0. The monoisotopic (exact) mass is 255 g/mol. The molecule has 0 unspecified atom stereocenters. The van der Waals surface area contributed by atoms with Crippen LogP contribution in [0.15, 0.2) is 24.3 Å². The lowest BCUT2D eigenvalue weighted by Crippen LogP contribution is -2.29. The predicted octanol–water partition coefficient (Wildman–Crippen LogP) is 3.46. The molecule has 0 aliphatic heterocycles. The summed E-state index contributed by atoms with van der Waals surface area (Å²) in [6.45, 7) is 5.71. The van der Waals surface area contributed by atoms with E-state index in [1.54, 1.807) is 11.5 Å². The first kappa shape index (κ1) is 12.2. The van der Waals surface area contributed by atoms with Gasteiger partial charge in [0.05, 0.1) is 5.52 Å². The molecule has 3 rings (SSSR count). The Morgan fingerprint density at radius 3 is 2.58 bits per heavy atom. The van der Waals surface area contributed by atoms with Crippen LogP contribution in [-0.4, -0.2) is 16.3 Å². The van der Waals surface area contributed by atoms with Gasteiger partial charge in [-0.2, -0.15) is 0 Å². The van der Waals surface area contributed by atoms with Gasteiger partial charge < -0.3 is 0 Å². The molecule has 1 heterocycles. The average molecular weight is 255 g/mol. The first-order valence-corrected chi connectivity index (χ1v) is 6.57. The fraction of sp³-hybridized carbons (Fsp3) is 0.375. The number of hydrogen-bond acceptors (Lipinski definition) is 2. The van der Waals surface area contributed by atoms with Crippen LogP contribution in [0, 0.1) is 5.41 Å². The minimum absolute atomic E-state index is 0.0250. The zero-order valence-electron chi connectivity index (χ0n) is 11.5. The highest BCUT2D eigenvalue weighted by Gasteiger charge is 2.35. The van der Waals surface area contributed by atoms with E-state index >= 15 is 0 Å². The van der Waals surface area contributed by atoms with Crippen LogP contribution >= 0.6 is 0 Å². The van der Waals surface area contributed by atoms with Crippen LogP contribution < -0.4 is 0 Å². The lowest BCUT2D eigenvalue weighted by atomic mass is 9.75. The standard InChI is InChI=1S/C16H17NO2/c1-10(18)17-12-7-5-4-6-11(12)15-13(17)8-16(2,3)9-14(15)19/h4-7H,8-9H2,1-3H3. The number of ketones is 1. The zero-order valence-corrected chi connectivity index (χ0v) is 11.5. The van der Waals surface area contributed by atoms with Gasteiger partial charge in [-0.25, -0.2) is 0 Å². The molecule has 0 N–H and O–H groups in total. The molecule has 2 aromatic rings. The number of para-hydroxylation sites is 1. The Hall–Kier alpha value is -1.90. The Kier molecular flexibility index (Phi) is 2.43. The predicted molar refractivity (Wildman–Crippen MR) is 74.7 cm³/mol. The Morgan fingerprint density at radius 2 is 1.89 bits per heavy atom. The number of rotatable bonds is 0. The van der Waals surface area contributed by atoms with E-state index < -0.39 is 0 Å². The Morgan fingerprint density at radius 1 is 1.21 bits per heavy atom. The molecule has 19 heavy (non-hydrogen) atoms. The van der Waals surface area contributed by atoms with Crippen LogP contribution in [0.5, 0.6) is 0 Å². The number of Topliss-reactive ketones (excluding diaryl/α,β-unsaturated/α-hetero) is 1. The van der Waals surface area contributed by atoms with Crippen molar-refractivity contribution in [2.24, 2.45) is 5.41 Å². The third-order valence-corrected chi connectivity index (χ3v) is 3.85. The van der Waals surface area contributed by atoms with E-state index in [1.807, 2.05) is 24.3 Å². The third-order valence-electron chi connectivity index (χ3n) is 3.85. The van der Waals surface area contributed by atoms with E-state index in [0.29, 0.717) is 6.42 Å². The van der Waals surface area contributed by atoms with Crippen LogP contribution in [0.3, 0.4) is 0 Å². The smallest absolute Gasteiger partial charge is 0.228 e. The second-order valence-corrected chi connectivity index (χ2v) is 6.13. The van der Waals surface area contributed by atoms with Crippen LogP contribution in [0.25, 0.3) is 10.9 Å². The van der Waals surface area contributed by atoms with E-state index in [2.05, 4.69) is 13.8 Å². The molecule has 98 valence electrons. The molecule has 0 atom stereocenters. The highest BCUT2D eigenvalue weighted by molar-refractivity contribution is 6.12. The van der Waals surface area contributed by atoms with Crippen molar-refractivity contribution in [1.29, 1.82) is 0 Å². The number of hydrogen-bond donors (Lipinski definition) is 0. The second kappa shape index (κ2) is 3.80. The number of nitrogens with zero attached hydrogens (tertiary/aromatic N) is 1. The fourth-order valence-corrected chi connectivity index (χ4v) is 3.17. The molecule has 0 radical (unpaired) electrons. The number of aromatic nitrogens is 1. The Labute approximate surface area is 112 Å². The molecule has 1 aromatic heterocycles. The molecule has 0 saturated carbocycles. The van der Waals surface area contributed by atoms with Crippen molar-refractivity contribution in [2.45, 2.75) is 33.6 Å². The molecule has 1 aliphatic carbocycles. The van der Waals surface area contributed by atoms with Crippen LogP contribution in [0.1, 0.15) is 48.0 Å². The SMILES string of the molecule is CC(=O)n1c2c(c3ccccc31)C(=O)CC(C)(C)C2. The molecule has 0 fully saturated rings. The zero-order chi connectivity index (χ0) is 13.8. The number of benzene rings is 1. The Balaban J connectivity index is 2.42. The van der Waals surface area contributed by atoms with Crippen molar-refractivity contribution in [3.63, 3.8) is 0 Å². The topological polar surface area (TPSA) is 39.1 Å². The van der Waals surface area contributed by atoms with Gasteiger partial charge in [0.2, 0.25) is 5.91 Å². The summed E-state index contributed by atoms with van der Waals surface area (Å²) in [4.78, 5) is 24.4. The van der Waals surface area contributed by atoms with Crippen LogP contribution in [-0.2, 0) is 6.42 Å². The highest BCUT2D eigenvalue weighted by atomic mass is 16.2. The minimum Gasteiger partial charge on any atom is -0.294 e. The van der Waals surface area contributed by atoms with E-state index in [1.165, 1.54) is 0 Å². The van der Waals surface area contributed by atoms with Gasteiger partial charge in [-0.05, 0) is 17.9 Å². The Bertz CT molecular complexity index is 674. The van der Waals surface area contributed by atoms with Gasteiger partial charge in [0.15, 0.2) is 5.78 Å². The number of carbonyl (C=O) groups excluding carboxylic acids is 2. The minimum atomic E-state index is -0.0777. The first-order chi connectivity index (χ1) is 8.91. The maximum absolute atomic E-state index is 12.4. The van der Waals surface area contributed by atoms with E-state index in [-0.39, 0.29) is 17.1 Å². The number of fused-ring (bicyclic) bond motifs is 3. The summed E-state index contributed by atoms with van der Waals surface area (Å²) in [6, 6.07) is 7.67. The molecule has 0 spiro atoms. The second-order valence-electron chi connectivity index (χ2n) is 6.13. The summed E-state index contributed by atoms with van der Waals surface area (Å²) >= 11 is 0. The maximum Gasteiger partial charge on any atom is 0.228 e. The summed E-state index contributed by atoms with van der Waals surface area (Å²) < 4.78 is 1.71. The molecule has 0 amide bonds. The summed E-state index contributed by atoms with van der Waals surface area (Å²) in [5.74, 6) is 0.130. The molecule has 0 saturated heterocycles. The van der Waals surface area contributed by atoms with Gasteiger partial charge in [0.25, 0.3) is 0 Å². The van der Waals surface area contributed by atoms with Crippen molar-refractivity contribution in [1.82, 2.24) is 4.57 Å². The van der Waals surface area contributed by atoms with Crippen LogP contribution in [0.2, 0.25) is 0 Å². The van der Waals surface area contributed by atoms with Gasteiger partial charge in [0, 0.05) is 30.0 Å². The fourth-order valence-electron chi connectivity index (χ4n) is 3.17. The third kappa shape index (κ3) is 1.72. The van der Waals surface area contributed by atoms with Crippen molar-refractivity contribution >= 4 is 22.6 Å². The first-order valence-electron chi connectivity index (χ1n) is 6.57. The molecule has 0 bridgehead atoms. The lowest BCUT2D eigenvalue weighted by Gasteiger charge is -2.29. The van der Waals surface area contributed by atoms with E-state index in [9.17, 15) is 9.59 Å². The molecule has 1 aromatic carbocycles. The molecular formula is C16H17NO2. The summed E-state index contributed by atoms with van der Waals surface area (Å²) in [5, 5.41) is 0.910. The maximum atomic E-state index is 12.4. The quantitative estimate of drug-likeness (QED) is 0.723. The van der Waals surface area contributed by atoms with E-state index in [4.69, 9.17) is 0 Å². The molecular weight excluding hydrogens is 238 g/mol. The van der Waals surface area contributed by atoms with Gasteiger partial charge in [-0.1, -0.05) is 32.0 Å². The normalized spacial score (nSPS) is 17.5. The van der Waals surface area contributed by atoms with Crippen LogP contribution in [0.4, 0.5) is 0 Å².